The zero-order chi connectivity index (χ0) is 13.8. The van der Waals surface area contributed by atoms with E-state index in [1.54, 1.807) is 7.11 Å². The fourth-order valence-electron chi connectivity index (χ4n) is 3.01. The predicted molar refractivity (Wildman–Crippen MR) is 83.4 cm³/mol. The van der Waals surface area contributed by atoms with Crippen LogP contribution in [0.2, 0.25) is 0 Å². The summed E-state index contributed by atoms with van der Waals surface area (Å²) in [6, 6.07) is 11.2. The van der Waals surface area contributed by atoms with Crippen molar-refractivity contribution in [2.45, 2.75) is 24.6 Å². The topological polar surface area (TPSA) is 21.3 Å². The molecule has 1 aromatic carbocycles. The smallest absolute Gasteiger partial charge is 0.0766 e. The monoisotopic (exact) mass is 267 g/mol. The predicted octanol–water partition coefficient (Wildman–Crippen LogP) is 3.19. The minimum absolute atomic E-state index is 0.328. The minimum Gasteiger partial charge on any atom is -0.379 e. The van der Waals surface area contributed by atoms with Crippen LogP contribution in [0.5, 0.6) is 0 Å². The molecule has 4 atom stereocenters. The molecular weight excluding hydrogens is 246 g/mol. The summed E-state index contributed by atoms with van der Waals surface area (Å²) in [5.74, 6) is 0.548. The van der Waals surface area contributed by atoms with Crippen molar-refractivity contribution in [2.24, 2.45) is 5.92 Å². The first kappa shape index (κ1) is 13.3. The van der Waals surface area contributed by atoms with Gasteiger partial charge in [-0.3, -0.25) is 0 Å². The van der Waals surface area contributed by atoms with Crippen LogP contribution in [0.25, 0.3) is 6.08 Å². The molecule has 3 unspecified atom stereocenters. The van der Waals surface area contributed by atoms with Gasteiger partial charge in [-0.15, -0.1) is 0 Å². The Labute approximate surface area is 120 Å². The molecule has 1 N–H and O–H groups in total. The molecule has 2 heterocycles. The maximum Gasteiger partial charge on any atom is 0.0766 e. The molecule has 4 rings (SSSR count). The second-order valence-electron chi connectivity index (χ2n) is 5.43. The molecule has 1 aromatic rings. The van der Waals surface area contributed by atoms with Crippen molar-refractivity contribution in [1.82, 2.24) is 5.32 Å². The molecule has 2 aliphatic heterocycles. The van der Waals surface area contributed by atoms with E-state index in [1.807, 2.05) is 6.07 Å². The molecule has 0 spiro atoms. The number of allylic oxidation sites excluding steroid dienone is 2. The zero-order valence-electron chi connectivity index (χ0n) is 11.8. The fourth-order valence-corrected chi connectivity index (χ4v) is 3.01. The average molecular weight is 267 g/mol. The largest absolute Gasteiger partial charge is 0.379 e. The fraction of sp³-hybridized carbons (Fsp3) is 0.333. The minimum atomic E-state index is 0.328. The van der Waals surface area contributed by atoms with Gasteiger partial charge in [0.1, 0.15) is 0 Å². The molecule has 0 saturated carbocycles. The quantitative estimate of drug-likeness (QED) is 0.668. The summed E-state index contributed by atoms with van der Waals surface area (Å²) >= 11 is 0. The Bertz CT molecular complexity index is 517. The third kappa shape index (κ3) is 2.92. The van der Waals surface area contributed by atoms with Crippen LogP contribution in [0.4, 0.5) is 0 Å². The third-order valence-electron chi connectivity index (χ3n) is 4.14. The van der Waals surface area contributed by atoms with Gasteiger partial charge in [-0.2, -0.15) is 0 Å². The highest BCUT2D eigenvalue weighted by Crippen LogP contribution is 2.30. The number of ether oxygens (including phenoxy) is 1. The van der Waals surface area contributed by atoms with Crippen molar-refractivity contribution in [2.75, 3.05) is 7.11 Å². The van der Waals surface area contributed by atoms with Gasteiger partial charge in [-0.05, 0) is 17.9 Å². The number of hydrogen-bond donors (Lipinski definition) is 1. The van der Waals surface area contributed by atoms with Gasteiger partial charge >= 0.3 is 0 Å². The number of rotatable bonds is 4. The first-order valence-corrected chi connectivity index (χ1v) is 7.24. The maximum absolute atomic E-state index is 5.51. The first-order valence-electron chi connectivity index (χ1n) is 7.24. The van der Waals surface area contributed by atoms with E-state index in [2.05, 4.69) is 66.0 Å². The van der Waals surface area contributed by atoms with Gasteiger partial charge in [0.15, 0.2) is 0 Å². The summed E-state index contributed by atoms with van der Waals surface area (Å²) in [5, 5.41) is 3.62. The van der Waals surface area contributed by atoms with Crippen LogP contribution in [-0.2, 0) is 4.74 Å². The summed E-state index contributed by atoms with van der Waals surface area (Å²) in [6.45, 7) is 0. The van der Waals surface area contributed by atoms with Crippen LogP contribution in [0.3, 0.4) is 0 Å². The summed E-state index contributed by atoms with van der Waals surface area (Å²) in [6.07, 6.45) is 14.6. The number of piperidine rings is 1. The Morgan fingerprint density at radius 3 is 2.70 bits per heavy atom. The van der Waals surface area contributed by atoms with Crippen molar-refractivity contribution < 1.29 is 4.74 Å². The zero-order valence-corrected chi connectivity index (χ0v) is 11.8. The van der Waals surface area contributed by atoms with Crippen LogP contribution < -0.4 is 5.32 Å². The lowest BCUT2D eigenvalue weighted by Gasteiger charge is -2.42. The number of methoxy groups -OCH3 is 1. The molecule has 0 radical (unpaired) electrons. The van der Waals surface area contributed by atoms with Gasteiger partial charge in [0.05, 0.1) is 12.1 Å². The lowest BCUT2D eigenvalue weighted by atomic mass is 9.79. The molecule has 3 aliphatic rings. The van der Waals surface area contributed by atoms with E-state index in [9.17, 15) is 0 Å². The number of hydrogen-bond acceptors (Lipinski definition) is 2. The lowest BCUT2D eigenvalue weighted by Crippen LogP contribution is -2.56. The van der Waals surface area contributed by atoms with Gasteiger partial charge in [-0.25, -0.2) is 0 Å². The number of fused-ring (bicyclic) bond motifs is 2. The SMILES string of the molecule is COC1C[C@H]2C=CC1NC2/C=C\C=C\c1ccccc1. The molecule has 1 aliphatic carbocycles. The summed E-state index contributed by atoms with van der Waals surface area (Å²) in [5.41, 5.74) is 1.23. The normalized spacial score (nSPS) is 32.5. The van der Waals surface area contributed by atoms with E-state index in [0.29, 0.717) is 24.1 Å². The summed E-state index contributed by atoms with van der Waals surface area (Å²) in [7, 11) is 1.80. The van der Waals surface area contributed by atoms with E-state index in [1.165, 1.54) is 5.56 Å². The molecule has 104 valence electrons. The highest BCUT2D eigenvalue weighted by atomic mass is 16.5. The lowest BCUT2D eigenvalue weighted by molar-refractivity contribution is 0.0324. The molecule has 0 aromatic heterocycles. The maximum atomic E-state index is 5.51. The molecule has 0 amide bonds. The Hall–Kier alpha value is -1.64. The van der Waals surface area contributed by atoms with E-state index in [0.717, 1.165) is 6.42 Å². The van der Waals surface area contributed by atoms with Crippen molar-refractivity contribution in [3.05, 3.63) is 66.3 Å². The third-order valence-corrected chi connectivity index (χ3v) is 4.14. The van der Waals surface area contributed by atoms with Gasteiger partial charge in [-0.1, -0.05) is 66.8 Å². The number of nitrogens with one attached hydrogen (secondary N) is 1. The van der Waals surface area contributed by atoms with Crippen molar-refractivity contribution >= 4 is 6.08 Å². The van der Waals surface area contributed by atoms with Gasteiger partial charge in [0.25, 0.3) is 0 Å². The Morgan fingerprint density at radius 1 is 1.15 bits per heavy atom. The van der Waals surface area contributed by atoms with Gasteiger partial charge < -0.3 is 10.1 Å². The van der Waals surface area contributed by atoms with Crippen LogP contribution >= 0.6 is 0 Å². The second-order valence-corrected chi connectivity index (χ2v) is 5.43. The number of benzene rings is 1. The molecular formula is C18H21NO. The molecule has 2 nitrogen and oxygen atoms in total. The molecule has 2 bridgehead atoms. The molecule has 1 saturated heterocycles. The average Bonchev–Trinajstić information content (AvgIpc) is 2.53. The van der Waals surface area contributed by atoms with Crippen LogP contribution in [-0.4, -0.2) is 25.3 Å². The van der Waals surface area contributed by atoms with Crippen molar-refractivity contribution in [3.8, 4) is 0 Å². The molecule has 2 heteroatoms. The van der Waals surface area contributed by atoms with E-state index in [4.69, 9.17) is 4.74 Å². The molecule has 1 fully saturated rings. The van der Waals surface area contributed by atoms with E-state index < -0.39 is 0 Å². The van der Waals surface area contributed by atoms with Gasteiger partial charge in [0.2, 0.25) is 0 Å². The highest BCUT2D eigenvalue weighted by molar-refractivity contribution is 5.50. The highest BCUT2D eigenvalue weighted by Gasteiger charge is 2.36. The Kier molecular flexibility index (Phi) is 4.14. The van der Waals surface area contributed by atoms with Crippen molar-refractivity contribution in [1.29, 1.82) is 0 Å². The summed E-state index contributed by atoms with van der Waals surface area (Å²) < 4.78 is 5.51. The standard InChI is InChI=1S/C18H21NO/c1-20-18-13-15-11-12-17(18)19-16(15)10-6-5-9-14-7-3-2-4-8-14/h2-12,15-19H,13H2,1H3/b9-5+,10-6-/t15-,16?,17?,18?/m1/s1. The Morgan fingerprint density at radius 2 is 2.00 bits per heavy atom. The molecule has 20 heavy (non-hydrogen) atoms. The van der Waals surface area contributed by atoms with Crippen LogP contribution in [0, 0.1) is 5.92 Å². The van der Waals surface area contributed by atoms with Crippen molar-refractivity contribution in [3.63, 3.8) is 0 Å². The van der Waals surface area contributed by atoms with E-state index in [-0.39, 0.29) is 0 Å². The second kappa shape index (κ2) is 6.21. The van der Waals surface area contributed by atoms with Crippen LogP contribution in [0.15, 0.2) is 60.7 Å². The Balaban J connectivity index is 1.58. The van der Waals surface area contributed by atoms with E-state index >= 15 is 0 Å². The summed E-state index contributed by atoms with van der Waals surface area (Å²) in [4.78, 5) is 0. The first-order chi connectivity index (χ1) is 9.86. The van der Waals surface area contributed by atoms with Gasteiger partial charge in [0, 0.05) is 13.2 Å². The van der Waals surface area contributed by atoms with Crippen LogP contribution in [0.1, 0.15) is 12.0 Å².